The van der Waals surface area contributed by atoms with Crippen LogP contribution in [0.25, 0.3) is 0 Å². The third-order valence-electron chi connectivity index (χ3n) is 6.00. The molecule has 0 aliphatic heterocycles. The number of phenols is 1. The van der Waals surface area contributed by atoms with Gasteiger partial charge in [-0.15, -0.1) is 17.9 Å². The number of anilines is 1. The molecule has 0 unspecified atom stereocenters. The van der Waals surface area contributed by atoms with Crippen molar-refractivity contribution in [2.75, 3.05) is 12.4 Å². The summed E-state index contributed by atoms with van der Waals surface area (Å²) in [5.74, 6) is 0.384. The Bertz CT molecular complexity index is 1200. The summed E-state index contributed by atoms with van der Waals surface area (Å²) in [6.07, 6.45) is 10.5. The number of aromatic hydroxyl groups is 1. The van der Waals surface area contributed by atoms with E-state index in [9.17, 15) is 9.90 Å². The van der Waals surface area contributed by atoms with Crippen molar-refractivity contribution in [3.05, 3.63) is 82.3 Å². The zero-order valence-electron chi connectivity index (χ0n) is 19.5. The summed E-state index contributed by atoms with van der Waals surface area (Å²) >= 11 is 1.61. The van der Waals surface area contributed by atoms with Crippen LogP contribution in [0.1, 0.15) is 57.6 Å². The van der Waals surface area contributed by atoms with Gasteiger partial charge in [0.2, 0.25) is 0 Å². The Labute approximate surface area is 204 Å². The van der Waals surface area contributed by atoms with E-state index < -0.39 is 0 Å². The standard InChI is InChI=1S/C28H30N2O3S/c1-3-11-20-16-19(17-23(33-2)26(20)31)18-29-28-25(27(32)30-21-12-7-6-8-13-21)22-14-9-4-5-10-15-24(22)34-28/h3,6-8,12-13,16-18,31H,1,4-5,9-11,14-15H2,2H3,(H,30,32). The van der Waals surface area contributed by atoms with Gasteiger partial charge in [0.15, 0.2) is 11.5 Å². The Balaban J connectivity index is 1.73. The third kappa shape index (κ3) is 5.39. The number of ether oxygens (including phenoxy) is 1. The van der Waals surface area contributed by atoms with Crippen LogP contribution in [0.2, 0.25) is 0 Å². The Hall–Kier alpha value is -3.38. The van der Waals surface area contributed by atoms with Crippen molar-refractivity contribution < 1.29 is 14.6 Å². The first-order valence-corrected chi connectivity index (χ1v) is 12.5. The van der Waals surface area contributed by atoms with Crippen LogP contribution in [0.4, 0.5) is 10.7 Å². The van der Waals surface area contributed by atoms with E-state index in [1.807, 2.05) is 36.4 Å². The quantitative estimate of drug-likeness (QED) is 0.290. The first kappa shape index (κ1) is 23.8. The number of thiophene rings is 1. The number of rotatable bonds is 7. The highest BCUT2D eigenvalue weighted by molar-refractivity contribution is 7.16. The third-order valence-corrected chi connectivity index (χ3v) is 7.20. The van der Waals surface area contributed by atoms with Crippen LogP contribution >= 0.6 is 11.3 Å². The molecule has 2 N–H and O–H groups in total. The zero-order chi connectivity index (χ0) is 23.9. The van der Waals surface area contributed by atoms with Crippen LogP contribution in [0.15, 0.2) is 60.1 Å². The van der Waals surface area contributed by atoms with Gasteiger partial charge in [-0.3, -0.25) is 4.79 Å². The van der Waals surface area contributed by atoms with Crippen molar-refractivity contribution in [3.8, 4) is 11.5 Å². The van der Waals surface area contributed by atoms with Crippen molar-refractivity contribution in [2.24, 2.45) is 4.99 Å². The summed E-state index contributed by atoms with van der Waals surface area (Å²) in [4.78, 5) is 19.5. The van der Waals surface area contributed by atoms with Gasteiger partial charge in [-0.05, 0) is 67.5 Å². The second kappa shape index (κ2) is 11.2. The fourth-order valence-corrected chi connectivity index (χ4v) is 5.54. The number of hydrogen-bond donors (Lipinski definition) is 2. The molecular formula is C28H30N2O3S. The van der Waals surface area contributed by atoms with Gasteiger partial charge >= 0.3 is 0 Å². The molecule has 1 aliphatic rings. The monoisotopic (exact) mass is 474 g/mol. The molecule has 1 amide bonds. The predicted octanol–water partition coefficient (Wildman–Crippen LogP) is 6.85. The van der Waals surface area contributed by atoms with Crippen molar-refractivity contribution in [2.45, 2.75) is 44.9 Å². The minimum Gasteiger partial charge on any atom is -0.504 e. The van der Waals surface area contributed by atoms with E-state index in [0.717, 1.165) is 53.1 Å². The molecule has 3 aromatic rings. The molecule has 176 valence electrons. The normalized spacial score (nSPS) is 13.7. The number of nitrogens with one attached hydrogen (secondary N) is 1. The molecule has 1 heterocycles. The fraction of sp³-hybridized carbons (Fsp3) is 0.286. The number of allylic oxidation sites excluding steroid dienone is 1. The van der Waals surface area contributed by atoms with E-state index in [-0.39, 0.29) is 11.7 Å². The van der Waals surface area contributed by atoms with Crippen LogP contribution in [-0.2, 0) is 19.3 Å². The largest absolute Gasteiger partial charge is 0.504 e. The first-order valence-electron chi connectivity index (χ1n) is 11.7. The van der Waals surface area contributed by atoms with Gasteiger partial charge in [0, 0.05) is 22.3 Å². The van der Waals surface area contributed by atoms with Gasteiger partial charge in [-0.1, -0.05) is 37.1 Å². The number of aryl methyl sites for hydroxylation is 1. The molecular weight excluding hydrogens is 444 g/mol. The van der Waals surface area contributed by atoms with Crippen LogP contribution < -0.4 is 10.1 Å². The highest BCUT2D eigenvalue weighted by Crippen LogP contribution is 2.39. The lowest BCUT2D eigenvalue weighted by atomic mass is 9.96. The number of fused-ring (bicyclic) bond motifs is 1. The zero-order valence-corrected chi connectivity index (χ0v) is 20.3. The molecule has 0 spiro atoms. The summed E-state index contributed by atoms with van der Waals surface area (Å²) < 4.78 is 5.34. The van der Waals surface area contributed by atoms with E-state index in [2.05, 4.69) is 11.9 Å². The van der Waals surface area contributed by atoms with Gasteiger partial charge in [0.1, 0.15) is 5.00 Å². The molecule has 5 nitrogen and oxygen atoms in total. The average Bonchev–Trinajstić information content (AvgIpc) is 3.16. The topological polar surface area (TPSA) is 70.9 Å². The summed E-state index contributed by atoms with van der Waals surface area (Å²) in [5, 5.41) is 14.2. The number of carbonyl (C=O) groups is 1. The minimum atomic E-state index is -0.118. The van der Waals surface area contributed by atoms with E-state index in [1.165, 1.54) is 24.8 Å². The number of aliphatic imine (C=N–C) groups is 1. The van der Waals surface area contributed by atoms with Crippen LogP contribution in [0, 0.1) is 0 Å². The lowest BCUT2D eigenvalue weighted by Gasteiger charge is -2.12. The Morgan fingerprint density at radius 1 is 1.18 bits per heavy atom. The van der Waals surface area contributed by atoms with Gasteiger partial charge in [0.25, 0.3) is 5.91 Å². The van der Waals surface area contributed by atoms with Gasteiger partial charge in [-0.25, -0.2) is 4.99 Å². The number of nitrogens with zero attached hydrogens (tertiary/aromatic N) is 1. The van der Waals surface area contributed by atoms with E-state index in [1.54, 1.807) is 29.7 Å². The highest BCUT2D eigenvalue weighted by atomic mass is 32.1. The highest BCUT2D eigenvalue weighted by Gasteiger charge is 2.24. The van der Waals surface area contributed by atoms with Crippen molar-refractivity contribution >= 4 is 34.1 Å². The van der Waals surface area contributed by atoms with Crippen molar-refractivity contribution in [3.63, 3.8) is 0 Å². The average molecular weight is 475 g/mol. The van der Waals surface area contributed by atoms with Crippen LogP contribution in [0.5, 0.6) is 11.5 Å². The summed E-state index contributed by atoms with van der Waals surface area (Å²) in [6, 6.07) is 13.1. The molecule has 4 rings (SSSR count). The van der Waals surface area contributed by atoms with Crippen LogP contribution in [-0.4, -0.2) is 24.3 Å². The number of amides is 1. The molecule has 0 fully saturated rings. The van der Waals surface area contributed by atoms with E-state index >= 15 is 0 Å². The molecule has 34 heavy (non-hydrogen) atoms. The minimum absolute atomic E-state index is 0.113. The first-order chi connectivity index (χ1) is 16.6. The SMILES string of the molecule is C=CCc1cc(C=Nc2sc3c(c2C(=O)Nc2ccccc2)CCCCCC3)cc(OC)c1O. The molecule has 2 aromatic carbocycles. The number of methoxy groups -OCH3 is 1. The molecule has 1 aromatic heterocycles. The van der Waals surface area contributed by atoms with Crippen molar-refractivity contribution in [1.82, 2.24) is 0 Å². The molecule has 0 radical (unpaired) electrons. The van der Waals surface area contributed by atoms with Gasteiger partial charge in [-0.2, -0.15) is 0 Å². The lowest BCUT2D eigenvalue weighted by Crippen LogP contribution is -2.14. The summed E-state index contributed by atoms with van der Waals surface area (Å²) in [5.41, 5.74) is 4.10. The Morgan fingerprint density at radius 2 is 1.94 bits per heavy atom. The predicted molar refractivity (Wildman–Crippen MR) is 140 cm³/mol. The fourth-order valence-electron chi connectivity index (χ4n) is 4.31. The van der Waals surface area contributed by atoms with Gasteiger partial charge in [0.05, 0.1) is 12.7 Å². The Kier molecular flexibility index (Phi) is 7.80. The Morgan fingerprint density at radius 3 is 2.68 bits per heavy atom. The molecule has 0 saturated heterocycles. The van der Waals surface area contributed by atoms with Crippen molar-refractivity contribution in [1.29, 1.82) is 0 Å². The molecule has 1 aliphatic carbocycles. The lowest BCUT2D eigenvalue weighted by molar-refractivity contribution is 0.102. The number of hydrogen-bond acceptors (Lipinski definition) is 5. The van der Waals surface area contributed by atoms with E-state index in [0.29, 0.717) is 17.7 Å². The number of carbonyl (C=O) groups excluding carboxylic acids is 1. The van der Waals surface area contributed by atoms with Crippen LogP contribution in [0.3, 0.4) is 0 Å². The van der Waals surface area contributed by atoms with E-state index in [4.69, 9.17) is 9.73 Å². The second-order valence-electron chi connectivity index (χ2n) is 8.40. The number of benzene rings is 2. The molecule has 0 atom stereocenters. The summed E-state index contributed by atoms with van der Waals surface area (Å²) in [6.45, 7) is 3.77. The smallest absolute Gasteiger partial charge is 0.259 e. The molecule has 0 bridgehead atoms. The number of para-hydroxylation sites is 1. The van der Waals surface area contributed by atoms with Gasteiger partial charge < -0.3 is 15.2 Å². The maximum atomic E-state index is 13.4. The maximum Gasteiger partial charge on any atom is 0.259 e. The molecule has 0 saturated carbocycles. The number of phenolic OH excluding ortho intramolecular Hbond substituents is 1. The molecule has 6 heteroatoms. The maximum absolute atomic E-state index is 13.4. The second-order valence-corrected chi connectivity index (χ2v) is 9.48. The summed E-state index contributed by atoms with van der Waals surface area (Å²) in [7, 11) is 1.53.